The summed E-state index contributed by atoms with van der Waals surface area (Å²) < 4.78 is 31.6. The smallest absolute Gasteiger partial charge is 0.467 e. The number of esters is 1. The van der Waals surface area contributed by atoms with Gasteiger partial charge in [0.2, 0.25) is 5.91 Å². The summed E-state index contributed by atoms with van der Waals surface area (Å²) >= 11 is 0. The molecule has 0 aromatic heterocycles. The summed E-state index contributed by atoms with van der Waals surface area (Å²) in [5, 5.41) is 4.98. The number of benzene rings is 3. The van der Waals surface area contributed by atoms with Gasteiger partial charge in [0, 0.05) is 17.9 Å². The first-order chi connectivity index (χ1) is 19.2. The Morgan fingerprint density at radius 2 is 1.73 bits per heavy atom. The van der Waals surface area contributed by atoms with Crippen molar-refractivity contribution in [3.05, 3.63) is 89.0 Å². The minimum Gasteiger partial charge on any atom is -0.467 e. The first-order valence-corrected chi connectivity index (χ1v) is 14.0. The van der Waals surface area contributed by atoms with Crippen molar-refractivity contribution in [3.63, 3.8) is 0 Å². The third-order valence-corrected chi connectivity index (χ3v) is 7.60. The van der Waals surface area contributed by atoms with Crippen molar-refractivity contribution in [2.45, 2.75) is 25.0 Å². The van der Waals surface area contributed by atoms with E-state index in [2.05, 4.69) is 10.6 Å². The number of carbonyl (C=O) groups excluding carboxylic acids is 3. The average Bonchev–Trinajstić information content (AvgIpc) is 3.27. The molecule has 12 heteroatoms. The number of rotatable bonds is 8. The lowest BCUT2D eigenvalue weighted by Crippen LogP contribution is -2.47. The molecule has 1 aliphatic carbocycles. The Morgan fingerprint density at radius 3 is 2.40 bits per heavy atom. The van der Waals surface area contributed by atoms with Crippen LogP contribution in [0.5, 0.6) is 5.75 Å². The third-order valence-electron chi connectivity index (χ3n) is 6.72. The van der Waals surface area contributed by atoms with Crippen LogP contribution in [0.2, 0.25) is 0 Å². The van der Waals surface area contributed by atoms with Gasteiger partial charge in [0.25, 0.3) is 0 Å². The van der Waals surface area contributed by atoms with Crippen molar-refractivity contribution in [2.24, 2.45) is 0 Å². The monoisotopic (exact) mass is 566 g/mol. The SMILES string of the molecule is COC(=O)[C@H](Cc1ccc2c(c1)COP(=O)(O)O2)NC(=O)CNC(=O)OCC1c2ccccc2-c2ccccc21. The minimum atomic E-state index is -4.13. The maximum Gasteiger partial charge on any atom is 0.527 e. The maximum atomic E-state index is 12.6. The van der Waals surface area contributed by atoms with Crippen molar-refractivity contribution in [1.29, 1.82) is 0 Å². The van der Waals surface area contributed by atoms with E-state index in [1.165, 1.54) is 13.2 Å². The third kappa shape index (κ3) is 6.02. The van der Waals surface area contributed by atoms with Gasteiger partial charge in [-0.05, 0) is 39.9 Å². The van der Waals surface area contributed by atoms with Gasteiger partial charge in [-0.2, -0.15) is 0 Å². The summed E-state index contributed by atoms with van der Waals surface area (Å²) in [6.07, 6.45) is -0.699. The fourth-order valence-corrected chi connectivity index (χ4v) is 5.66. The van der Waals surface area contributed by atoms with Crippen LogP contribution >= 0.6 is 7.82 Å². The summed E-state index contributed by atoms with van der Waals surface area (Å²) in [6, 6.07) is 19.6. The number of fused-ring (bicyclic) bond motifs is 4. The molecular formula is C28H27N2O9P. The fraction of sp³-hybridized carbons (Fsp3) is 0.250. The maximum absolute atomic E-state index is 12.6. The molecule has 3 aromatic rings. The Morgan fingerprint density at radius 1 is 1.05 bits per heavy atom. The Kier molecular flexibility index (Phi) is 7.88. The minimum absolute atomic E-state index is 0.0629. The summed E-state index contributed by atoms with van der Waals surface area (Å²) in [5.74, 6) is -1.21. The Bertz CT molecular complexity index is 1460. The number of hydrogen-bond acceptors (Lipinski definition) is 8. The molecule has 0 bridgehead atoms. The first kappa shape index (κ1) is 27.4. The van der Waals surface area contributed by atoms with Crippen LogP contribution in [-0.2, 0) is 41.2 Å². The van der Waals surface area contributed by atoms with Crippen LogP contribution < -0.4 is 15.2 Å². The molecule has 2 amide bonds. The predicted octanol–water partition coefficient (Wildman–Crippen LogP) is 3.44. The molecule has 3 aromatic carbocycles. The number of methoxy groups -OCH3 is 1. The molecule has 208 valence electrons. The van der Waals surface area contributed by atoms with Gasteiger partial charge in [-0.1, -0.05) is 54.6 Å². The summed E-state index contributed by atoms with van der Waals surface area (Å²) in [6.45, 7) is -0.457. The Labute approximate surface area is 230 Å². The van der Waals surface area contributed by atoms with E-state index in [0.29, 0.717) is 11.1 Å². The summed E-state index contributed by atoms with van der Waals surface area (Å²) in [7, 11) is -2.94. The summed E-state index contributed by atoms with van der Waals surface area (Å²) in [4.78, 5) is 46.8. The van der Waals surface area contributed by atoms with Crippen LogP contribution in [0.25, 0.3) is 11.1 Å². The molecule has 2 aliphatic rings. The quantitative estimate of drug-likeness (QED) is 0.275. The molecule has 5 rings (SSSR count). The van der Waals surface area contributed by atoms with Crippen LogP contribution in [0.1, 0.15) is 28.2 Å². The number of hydrogen-bond donors (Lipinski definition) is 3. The molecule has 1 aliphatic heterocycles. The molecule has 1 heterocycles. The highest BCUT2D eigenvalue weighted by Crippen LogP contribution is 2.50. The molecule has 2 atom stereocenters. The van der Waals surface area contributed by atoms with E-state index >= 15 is 0 Å². The van der Waals surface area contributed by atoms with Gasteiger partial charge in [0.05, 0.1) is 13.7 Å². The lowest BCUT2D eigenvalue weighted by molar-refractivity contribution is -0.144. The van der Waals surface area contributed by atoms with Crippen LogP contribution in [0.4, 0.5) is 4.79 Å². The van der Waals surface area contributed by atoms with E-state index in [9.17, 15) is 23.8 Å². The number of amides is 2. The lowest BCUT2D eigenvalue weighted by Gasteiger charge is -2.22. The molecule has 0 saturated carbocycles. The van der Waals surface area contributed by atoms with Gasteiger partial charge in [0.1, 0.15) is 24.9 Å². The van der Waals surface area contributed by atoms with E-state index in [4.69, 9.17) is 18.5 Å². The number of ether oxygens (including phenoxy) is 2. The van der Waals surface area contributed by atoms with Crippen molar-refractivity contribution in [1.82, 2.24) is 10.6 Å². The lowest BCUT2D eigenvalue weighted by atomic mass is 9.98. The molecule has 1 unspecified atom stereocenters. The highest BCUT2D eigenvalue weighted by atomic mass is 31.2. The van der Waals surface area contributed by atoms with Crippen LogP contribution in [0, 0.1) is 0 Å². The zero-order chi connectivity index (χ0) is 28.3. The van der Waals surface area contributed by atoms with E-state index in [0.717, 1.165) is 22.3 Å². The molecular weight excluding hydrogens is 539 g/mol. The molecule has 0 fully saturated rings. The zero-order valence-electron chi connectivity index (χ0n) is 21.5. The number of nitrogens with one attached hydrogen (secondary N) is 2. The standard InChI is InChI=1S/C28H27N2O9P/c1-36-27(32)24(13-17-10-11-25-18(12-17)15-38-40(34,35)39-25)30-26(31)14-29-28(33)37-16-23-21-8-4-2-6-19(21)20-7-3-5-9-22(20)23/h2-12,23-24H,13-16H2,1H3,(H,29,33)(H,30,31)(H,34,35)/t24-/m0/s1. The normalized spacial score (nSPS) is 17.9. The van der Waals surface area contributed by atoms with Gasteiger partial charge in [-0.3, -0.25) is 14.2 Å². The zero-order valence-corrected chi connectivity index (χ0v) is 22.4. The van der Waals surface area contributed by atoms with Gasteiger partial charge >= 0.3 is 19.9 Å². The van der Waals surface area contributed by atoms with Crippen molar-refractivity contribution >= 4 is 25.8 Å². The number of alkyl carbamates (subject to hydrolysis) is 1. The largest absolute Gasteiger partial charge is 0.527 e. The Balaban J connectivity index is 1.15. The second-order valence-electron chi connectivity index (χ2n) is 9.30. The van der Waals surface area contributed by atoms with E-state index < -0.39 is 38.4 Å². The van der Waals surface area contributed by atoms with E-state index in [1.807, 2.05) is 48.5 Å². The van der Waals surface area contributed by atoms with Gasteiger partial charge in [-0.15, -0.1) is 0 Å². The van der Waals surface area contributed by atoms with Gasteiger partial charge in [0.15, 0.2) is 0 Å². The van der Waals surface area contributed by atoms with Crippen LogP contribution in [0.3, 0.4) is 0 Å². The predicted molar refractivity (Wildman–Crippen MR) is 142 cm³/mol. The molecule has 3 N–H and O–H groups in total. The van der Waals surface area contributed by atoms with Crippen molar-refractivity contribution in [2.75, 3.05) is 20.3 Å². The second kappa shape index (κ2) is 11.5. The fourth-order valence-electron chi connectivity index (χ4n) is 4.88. The molecule has 0 saturated heterocycles. The van der Waals surface area contributed by atoms with Gasteiger partial charge < -0.3 is 24.6 Å². The molecule has 40 heavy (non-hydrogen) atoms. The van der Waals surface area contributed by atoms with E-state index in [-0.39, 0.29) is 31.3 Å². The van der Waals surface area contributed by atoms with E-state index in [1.54, 1.807) is 12.1 Å². The number of carbonyl (C=O) groups is 3. The number of phosphoric acid groups is 1. The summed E-state index contributed by atoms with van der Waals surface area (Å²) in [5.41, 5.74) is 5.49. The van der Waals surface area contributed by atoms with Crippen molar-refractivity contribution in [3.8, 4) is 16.9 Å². The average molecular weight is 567 g/mol. The Hall–Kier alpha value is -4.18. The van der Waals surface area contributed by atoms with Crippen molar-refractivity contribution < 1.29 is 42.4 Å². The molecule has 0 radical (unpaired) electrons. The highest BCUT2D eigenvalue weighted by Gasteiger charge is 2.31. The second-order valence-corrected chi connectivity index (χ2v) is 10.7. The highest BCUT2D eigenvalue weighted by molar-refractivity contribution is 7.47. The number of phosphoric ester groups is 1. The van der Waals surface area contributed by atoms with Crippen LogP contribution in [0.15, 0.2) is 66.7 Å². The topological polar surface area (TPSA) is 149 Å². The first-order valence-electron chi connectivity index (χ1n) is 12.5. The molecule has 0 spiro atoms. The van der Waals surface area contributed by atoms with Crippen LogP contribution in [-0.4, -0.2) is 49.2 Å². The molecule has 11 nitrogen and oxygen atoms in total. The van der Waals surface area contributed by atoms with Gasteiger partial charge in [-0.25, -0.2) is 14.2 Å².